The monoisotopic (exact) mass is 329 g/mol. The van der Waals surface area contributed by atoms with Gasteiger partial charge in [-0.2, -0.15) is 0 Å². The van der Waals surface area contributed by atoms with Gasteiger partial charge >= 0.3 is 0 Å². The zero-order valence-corrected chi connectivity index (χ0v) is 12.6. The summed E-state index contributed by atoms with van der Waals surface area (Å²) in [5.41, 5.74) is 4.95. The van der Waals surface area contributed by atoms with E-state index in [9.17, 15) is 4.79 Å². The average molecular weight is 330 g/mol. The van der Waals surface area contributed by atoms with Crippen LogP contribution >= 0.6 is 27.7 Å². The average Bonchev–Trinajstić information content (AvgIpc) is 2.77. The first kappa shape index (κ1) is 13.8. The summed E-state index contributed by atoms with van der Waals surface area (Å²) in [6.45, 7) is 0. The number of hydrogen-bond donors (Lipinski definition) is 2. The highest BCUT2D eigenvalue weighted by Gasteiger charge is 2.43. The fourth-order valence-corrected chi connectivity index (χ4v) is 3.72. The lowest BCUT2D eigenvalue weighted by atomic mass is 9.97. The van der Waals surface area contributed by atoms with E-state index in [-0.39, 0.29) is 5.91 Å². The molecule has 6 heteroatoms. The minimum absolute atomic E-state index is 0.253. The summed E-state index contributed by atoms with van der Waals surface area (Å²) >= 11 is 5.08. The third-order valence-electron chi connectivity index (χ3n) is 3.41. The topological polar surface area (TPSA) is 68.0 Å². The Hall–Kier alpha value is -0.590. The number of nitrogens with one attached hydrogen (secondary N) is 1. The number of carbonyl (C=O) groups is 1. The number of nitrogens with zero attached hydrogens (tertiary/aromatic N) is 1. The molecule has 0 spiro atoms. The maximum atomic E-state index is 11.5. The highest BCUT2D eigenvalue weighted by Crippen LogP contribution is 2.39. The number of rotatable bonds is 4. The molecule has 1 aliphatic rings. The van der Waals surface area contributed by atoms with Crippen molar-refractivity contribution in [2.24, 2.45) is 5.73 Å². The number of halogens is 1. The zero-order valence-electron chi connectivity index (χ0n) is 10.1. The van der Waals surface area contributed by atoms with E-state index in [0.29, 0.717) is 5.25 Å². The zero-order chi connectivity index (χ0) is 13.2. The summed E-state index contributed by atoms with van der Waals surface area (Å²) in [5.74, 6) is -0.253. The molecule has 4 nitrogen and oxygen atoms in total. The van der Waals surface area contributed by atoms with Crippen LogP contribution in [0.15, 0.2) is 27.8 Å². The summed E-state index contributed by atoms with van der Waals surface area (Å²) in [7, 11) is 1.80. The Labute approximate surface area is 119 Å². The van der Waals surface area contributed by atoms with E-state index in [1.165, 1.54) is 0 Å². The van der Waals surface area contributed by atoms with Crippen molar-refractivity contribution in [1.82, 2.24) is 10.3 Å². The Kier molecular flexibility index (Phi) is 4.29. The van der Waals surface area contributed by atoms with Gasteiger partial charge in [-0.1, -0.05) is 0 Å². The number of pyridine rings is 1. The van der Waals surface area contributed by atoms with Crippen molar-refractivity contribution in [2.45, 2.75) is 35.1 Å². The molecule has 1 fully saturated rings. The van der Waals surface area contributed by atoms with Gasteiger partial charge in [0.1, 0.15) is 0 Å². The van der Waals surface area contributed by atoms with Crippen LogP contribution in [0.5, 0.6) is 0 Å². The van der Waals surface area contributed by atoms with E-state index in [1.807, 2.05) is 12.1 Å². The van der Waals surface area contributed by atoms with Crippen molar-refractivity contribution in [3.63, 3.8) is 0 Å². The lowest BCUT2D eigenvalue weighted by Gasteiger charge is -2.24. The Morgan fingerprint density at radius 2 is 2.44 bits per heavy atom. The fraction of sp³-hybridized carbons (Fsp3) is 0.500. The van der Waals surface area contributed by atoms with Crippen LogP contribution < -0.4 is 11.1 Å². The van der Waals surface area contributed by atoms with Gasteiger partial charge in [0.2, 0.25) is 5.91 Å². The fourth-order valence-electron chi connectivity index (χ4n) is 2.28. The first-order chi connectivity index (χ1) is 8.55. The van der Waals surface area contributed by atoms with Crippen LogP contribution in [-0.4, -0.2) is 28.7 Å². The summed E-state index contributed by atoms with van der Waals surface area (Å²) in [6.07, 6.45) is 4.33. The Balaban J connectivity index is 2.01. The largest absolute Gasteiger partial charge is 0.368 e. The van der Waals surface area contributed by atoms with Gasteiger partial charge in [0.05, 0.1) is 10.6 Å². The van der Waals surface area contributed by atoms with E-state index in [2.05, 4.69) is 26.2 Å². The van der Waals surface area contributed by atoms with Gasteiger partial charge in [-0.3, -0.25) is 4.79 Å². The molecular formula is C12H16BrN3OS. The Morgan fingerprint density at radius 3 is 2.94 bits per heavy atom. The SMILES string of the molecule is CNC1(C(N)=O)CCC(Sc2ccc(Br)cn2)C1. The molecular weight excluding hydrogens is 314 g/mol. The lowest BCUT2D eigenvalue weighted by Crippen LogP contribution is -2.52. The van der Waals surface area contributed by atoms with Crippen molar-refractivity contribution in [2.75, 3.05) is 7.05 Å². The highest BCUT2D eigenvalue weighted by atomic mass is 79.9. The van der Waals surface area contributed by atoms with Crippen LogP contribution in [0.4, 0.5) is 0 Å². The van der Waals surface area contributed by atoms with Crippen LogP contribution in [0, 0.1) is 0 Å². The summed E-state index contributed by atoms with van der Waals surface area (Å²) in [6, 6.07) is 3.96. The van der Waals surface area contributed by atoms with Gasteiger partial charge in [-0.15, -0.1) is 11.8 Å². The number of carbonyl (C=O) groups excluding carboxylic acids is 1. The summed E-state index contributed by atoms with van der Waals surface area (Å²) in [4.78, 5) is 15.9. The molecule has 3 N–H and O–H groups in total. The number of thioether (sulfide) groups is 1. The molecule has 0 aliphatic heterocycles. The van der Waals surface area contributed by atoms with Crippen LogP contribution in [0.2, 0.25) is 0 Å². The second-order valence-corrected chi connectivity index (χ2v) is 6.73. The molecule has 1 amide bonds. The molecule has 1 aliphatic carbocycles. The number of amides is 1. The molecule has 0 bridgehead atoms. The molecule has 0 saturated heterocycles. The standard InChI is InChI=1S/C12H16BrN3OS/c1-15-12(11(14)17)5-4-9(6-12)18-10-3-2-8(13)7-16-10/h2-3,7,9,15H,4-6H2,1H3,(H2,14,17). The van der Waals surface area contributed by atoms with Crippen LogP contribution in [0.25, 0.3) is 0 Å². The summed E-state index contributed by atoms with van der Waals surface area (Å²) in [5, 5.41) is 4.46. The van der Waals surface area contributed by atoms with Crippen molar-refractivity contribution in [3.05, 3.63) is 22.8 Å². The van der Waals surface area contributed by atoms with Crippen LogP contribution in [0.3, 0.4) is 0 Å². The van der Waals surface area contributed by atoms with E-state index < -0.39 is 5.54 Å². The molecule has 1 heterocycles. The van der Waals surface area contributed by atoms with Gasteiger partial charge < -0.3 is 11.1 Å². The highest BCUT2D eigenvalue weighted by molar-refractivity contribution is 9.10. The third-order valence-corrected chi connectivity index (χ3v) is 5.09. The molecule has 1 aromatic rings. The second kappa shape index (κ2) is 5.59. The molecule has 2 rings (SSSR count). The van der Waals surface area contributed by atoms with Crippen molar-refractivity contribution >= 4 is 33.6 Å². The molecule has 2 atom stereocenters. The number of hydrogen-bond acceptors (Lipinski definition) is 4. The van der Waals surface area contributed by atoms with E-state index >= 15 is 0 Å². The first-order valence-electron chi connectivity index (χ1n) is 5.83. The lowest BCUT2D eigenvalue weighted by molar-refractivity contribution is -0.124. The van der Waals surface area contributed by atoms with Gasteiger partial charge in [-0.25, -0.2) is 4.98 Å². The van der Waals surface area contributed by atoms with E-state index in [0.717, 1.165) is 28.8 Å². The van der Waals surface area contributed by atoms with Crippen LogP contribution in [0.1, 0.15) is 19.3 Å². The number of primary amides is 1. The third kappa shape index (κ3) is 2.87. The Bertz CT molecular complexity index is 439. The molecule has 18 heavy (non-hydrogen) atoms. The van der Waals surface area contributed by atoms with Crippen molar-refractivity contribution in [3.8, 4) is 0 Å². The molecule has 0 radical (unpaired) electrons. The van der Waals surface area contributed by atoms with Gasteiger partial charge in [0.25, 0.3) is 0 Å². The minimum Gasteiger partial charge on any atom is -0.368 e. The normalized spacial score (nSPS) is 27.3. The van der Waals surface area contributed by atoms with Gasteiger partial charge in [-0.05, 0) is 54.4 Å². The van der Waals surface area contributed by atoms with E-state index in [4.69, 9.17) is 5.73 Å². The Morgan fingerprint density at radius 1 is 1.67 bits per heavy atom. The number of likely N-dealkylation sites (N-methyl/N-ethyl adjacent to an activating group) is 1. The maximum Gasteiger partial charge on any atom is 0.237 e. The predicted octanol–water partition coefficient (Wildman–Crippen LogP) is 1.93. The van der Waals surface area contributed by atoms with Crippen LogP contribution in [-0.2, 0) is 4.79 Å². The molecule has 2 unspecified atom stereocenters. The smallest absolute Gasteiger partial charge is 0.237 e. The second-order valence-electron chi connectivity index (χ2n) is 4.49. The van der Waals surface area contributed by atoms with Gasteiger partial charge in [0.15, 0.2) is 0 Å². The first-order valence-corrected chi connectivity index (χ1v) is 7.50. The number of nitrogens with two attached hydrogens (primary N) is 1. The van der Waals surface area contributed by atoms with Crippen molar-refractivity contribution in [1.29, 1.82) is 0 Å². The quantitative estimate of drug-likeness (QED) is 0.885. The molecule has 98 valence electrons. The molecule has 1 saturated carbocycles. The van der Waals surface area contributed by atoms with E-state index in [1.54, 1.807) is 25.0 Å². The minimum atomic E-state index is -0.535. The predicted molar refractivity (Wildman–Crippen MR) is 76.4 cm³/mol. The number of aromatic nitrogens is 1. The molecule has 0 aromatic carbocycles. The maximum absolute atomic E-state index is 11.5. The van der Waals surface area contributed by atoms with Gasteiger partial charge in [0, 0.05) is 15.9 Å². The van der Waals surface area contributed by atoms with Crippen molar-refractivity contribution < 1.29 is 4.79 Å². The summed E-state index contributed by atoms with van der Waals surface area (Å²) < 4.78 is 0.972. The molecule has 1 aromatic heterocycles.